The third-order valence-electron chi connectivity index (χ3n) is 6.76. The van der Waals surface area contributed by atoms with Crippen LogP contribution in [0.1, 0.15) is 40.0 Å². The number of allylic oxidation sites excluding steroid dienone is 1. The van der Waals surface area contributed by atoms with Gasteiger partial charge in [0.15, 0.2) is 0 Å². The first-order valence-corrected chi connectivity index (χ1v) is 10.4. The molecule has 1 aliphatic carbocycles. The topological polar surface area (TPSA) is 73.1 Å². The zero-order valence-electron chi connectivity index (χ0n) is 17.4. The van der Waals surface area contributed by atoms with Gasteiger partial charge in [-0.1, -0.05) is 11.6 Å². The molecule has 4 rings (SSSR count). The quantitative estimate of drug-likeness (QED) is 0.526. The Morgan fingerprint density at radius 2 is 2.00 bits per heavy atom. The smallest absolute Gasteiger partial charge is 0.410 e. The van der Waals surface area contributed by atoms with Crippen molar-refractivity contribution in [3.63, 3.8) is 0 Å². The monoisotopic (exact) mass is 395 g/mol. The van der Waals surface area contributed by atoms with E-state index in [-0.39, 0.29) is 41.5 Å². The fraction of sp³-hybridized carbons (Fsp3) is 0.857. The lowest BCUT2D eigenvalue weighted by molar-refractivity contribution is -0.123. The molecule has 4 aliphatic rings. The number of ether oxygens (including phenoxy) is 5. The normalized spacial score (nSPS) is 42.2. The minimum Gasteiger partial charge on any atom is -0.443 e. The van der Waals surface area contributed by atoms with E-state index in [0.717, 1.165) is 25.9 Å². The van der Waals surface area contributed by atoms with E-state index in [1.165, 1.54) is 5.57 Å². The molecule has 1 amide bonds. The molecule has 6 unspecified atom stereocenters. The SMILES string of the molecule is COC1C(OC(=O)N2CCOCC2)CCC2(CO2)C1C1(C)OC1CC=C(C)C. The molecule has 0 bridgehead atoms. The van der Waals surface area contributed by atoms with Crippen molar-refractivity contribution >= 4 is 6.09 Å². The summed E-state index contributed by atoms with van der Waals surface area (Å²) >= 11 is 0. The average molecular weight is 395 g/mol. The van der Waals surface area contributed by atoms with E-state index in [4.69, 9.17) is 23.7 Å². The summed E-state index contributed by atoms with van der Waals surface area (Å²) in [5, 5.41) is 0. The van der Waals surface area contributed by atoms with Gasteiger partial charge in [0.25, 0.3) is 0 Å². The second kappa shape index (κ2) is 7.59. The molecule has 0 N–H and O–H groups in total. The summed E-state index contributed by atoms with van der Waals surface area (Å²) in [5.74, 6) is 0.0526. The van der Waals surface area contributed by atoms with Gasteiger partial charge in [-0.15, -0.1) is 0 Å². The van der Waals surface area contributed by atoms with Gasteiger partial charge in [0.1, 0.15) is 23.4 Å². The minimum absolute atomic E-state index is 0.0526. The van der Waals surface area contributed by atoms with Gasteiger partial charge in [-0.2, -0.15) is 0 Å². The van der Waals surface area contributed by atoms with Crippen LogP contribution in [0.4, 0.5) is 4.79 Å². The predicted octanol–water partition coefficient (Wildman–Crippen LogP) is 2.53. The van der Waals surface area contributed by atoms with Gasteiger partial charge in [0, 0.05) is 20.2 Å². The average Bonchev–Trinajstić information content (AvgIpc) is 3.60. The number of morpholine rings is 1. The van der Waals surface area contributed by atoms with E-state index in [9.17, 15) is 4.79 Å². The number of nitrogens with zero attached hydrogens (tertiary/aromatic N) is 1. The number of epoxide rings is 2. The first kappa shape index (κ1) is 20.1. The lowest BCUT2D eigenvalue weighted by Gasteiger charge is -2.43. The van der Waals surface area contributed by atoms with E-state index in [1.807, 2.05) is 0 Å². The molecule has 0 radical (unpaired) electrons. The molecule has 3 saturated heterocycles. The van der Waals surface area contributed by atoms with Crippen LogP contribution < -0.4 is 0 Å². The Hall–Kier alpha value is -1.15. The number of methoxy groups -OCH3 is 1. The third-order valence-corrected chi connectivity index (χ3v) is 6.76. The molecule has 1 saturated carbocycles. The van der Waals surface area contributed by atoms with Crippen LogP contribution in [0.3, 0.4) is 0 Å². The molecule has 7 nitrogen and oxygen atoms in total. The molecule has 28 heavy (non-hydrogen) atoms. The van der Waals surface area contributed by atoms with Crippen LogP contribution in [0, 0.1) is 5.92 Å². The summed E-state index contributed by atoms with van der Waals surface area (Å²) in [6.45, 7) is 9.36. The molecule has 7 heteroatoms. The predicted molar refractivity (Wildman–Crippen MR) is 102 cm³/mol. The van der Waals surface area contributed by atoms with E-state index in [0.29, 0.717) is 26.3 Å². The Bertz CT molecular complexity index is 622. The van der Waals surface area contributed by atoms with Crippen LogP contribution in [0.25, 0.3) is 0 Å². The summed E-state index contributed by atoms with van der Waals surface area (Å²) in [6, 6.07) is 0. The Labute approximate surface area is 167 Å². The second-order valence-corrected chi connectivity index (χ2v) is 8.90. The van der Waals surface area contributed by atoms with E-state index in [1.54, 1.807) is 12.0 Å². The molecular weight excluding hydrogens is 362 g/mol. The highest BCUT2D eigenvalue weighted by atomic mass is 16.6. The van der Waals surface area contributed by atoms with E-state index in [2.05, 4.69) is 26.8 Å². The van der Waals surface area contributed by atoms with Gasteiger partial charge in [-0.3, -0.25) is 0 Å². The fourth-order valence-corrected chi connectivity index (χ4v) is 5.02. The van der Waals surface area contributed by atoms with Crippen molar-refractivity contribution < 1.29 is 28.5 Å². The Balaban J connectivity index is 1.47. The third kappa shape index (κ3) is 3.70. The van der Waals surface area contributed by atoms with Gasteiger partial charge in [-0.05, 0) is 40.0 Å². The zero-order chi connectivity index (χ0) is 19.9. The summed E-state index contributed by atoms with van der Waals surface area (Å²) in [5.41, 5.74) is 0.781. The van der Waals surface area contributed by atoms with Crippen LogP contribution in [0.5, 0.6) is 0 Å². The first-order chi connectivity index (χ1) is 13.4. The molecule has 0 aromatic carbocycles. The molecular formula is C21H33NO6. The highest BCUT2D eigenvalue weighted by Crippen LogP contribution is 2.59. The van der Waals surface area contributed by atoms with Crippen molar-refractivity contribution in [3.05, 3.63) is 11.6 Å². The molecule has 6 atom stereocenters. The van der Waals surface area contributed by atoms with Gasteiger partial charge in [0.2, 0.25) is 0 Å². The standard InChI is InChI=1S/C21H33NO6/c1-14(2)5-6-16-20(3,28-16)18-17(24-4)15(7-8-21(18)13-26-21)27-19(23)22-9-11-25-12-10-22/h5,15-18H,6-13H2,1-4H3. The van der Waals surface area contributed by atoms with Crippen LogP contribution in [-0.4, -0.2) is 80.5 Å². The summed E-state index contributed by atoms with van der Waals surface area (Å²) in [7, 11) is 1.70. The van der Waals surface area contributed by atoms with Gasteiger partial charge in [0.05, 0.1) is 31.8 Å². The van der Waals surface area contributed by atoms with Crippen LogP contribution in [-0.2, 0) is 23.7 Å². The Morgan fingerprint density at radius 1 is 1.29 bits per heavy atom. The number of carbonyl (C=O) groups excluding carboxylic acids is 1. The maximum Gasteiger partial charge on any atom is 0.410 e. The van der Waals surface area contributed by atoms with Gasteiger partial charge in [-0.25, -0.2) is 4.79 Å². The second-order valence-electron chi connectivity index (χ2n) is 8.90. The Morgan fingerprint density at radius 3 is 2.61 bits per heavy atom. The molecule has 0 aromatic rings. The van der Waals surface area contributed by atoms with Crippen molar-refractivity contribution in [1.29, 1.82) is 0 Å². The number of amides is 1. The van der Waals surface area contributed by atoms with E-state index < -0.39 is 0 Å². The molecule has 3 heterocycles. The van der Waals surface area contributed by atoms with Crippen molar-refractivity contribution in [2.45, 2.75) is 69.5 Å². The lowest BCUT2D eigenvalue weighted by Crippen LogP contribution is -2.56. The summed E-state index contributed by atoms with van der Waals surface area (Å²) < 4.78 is 29.3. The zero-order valence-corrected chi connectivity index (χ0v) is 17.4. The van der Waals surface area contributed by atoms with Crippen LogP contribution >= 0.6 is 0 Å². The van der Waals surface area contributed by atoms with Crippen molar-refractivity contribution in [2.24, 2.45) is 5.92 Å². The summed E-state index contributed by atoms with van der Waals surface area (Å²) in [4.78, 5) is 14.4. The highest BCUT2D eigenvalue weighted by molar-refractivity contribution is 5.68. The number of carbonyl (C=O) groups is 1. The van der Waals surface area contributed by atoms with Crippen LogP contribution in [0.2, 0.25) is 0 Å². The lowest BCUT2D eigenvalue weighted by atomic mass is 9.68. The Kier molecular flexibility index (Phi) is 5.46. The molecule has 1 spiro atoms. The fourth-order valence-electron chi connectivity index (χ4n) is 5.02. The van der Waals surface area contributed by atoms with Crippen LogP contribution in [0.15, 0.2) is 11.6 Å². The first-order valence-electron chi connectivity index (χ1n) is 10.4. The molecule has 3 aliphatic heterocycles. The number of hydrogen-bond donors (Lipinski definition) is 0. The number of rotatable bonds is 5. The maximum absolute atomic E-state index is 12.6. The van der Waals surface area contributed by atoms with Gasteiger partial charge < -0.3 is 28.6 Å². The summed E-state index contributed by atoms with van der Waals surface area (Å²) in [6.07, 6.45) is 4.08. The van der Waals surface area contributed by atoms with Crippen molar-refractivity contribution in [2.75, 3.05) is 40.0 Å². The molecule has 158 valence electrons. The maximum atomic E-state index is 12.6. The number of hydrogen-bond acceptors (Lipinski definition) is 6. The highest BCUT2D eigenvalue weighted by Gasteiger charge is 2.72. The molecule has 0 aromatic heterocycles. The largest absolute Gasteiger partial charge is 0.443 e. The molecule has 4 fully saturated rings. The minimum atomic E-state index is -0.312. The van der Waals surface area contributed by atoms with Crippen molar-refractivity contribution in [3.8, 4) is 0 Å². The van der Waals surface area contributed by atoms with Gasteiger partial charge >= 0.3 is 6.09 Å². The van der Waals surface area contributed by atoms with E-state index >= 15 is 0 Å². The van der Waals surface area contributed by atoms with Crippen molar-refractivity contribution in [1.82, 2.24) is 4.90 Å².